The predicted octanol–water partition coefficient (Wildman–Crippen LogP) is 3.88. The van der Waals surface area contributed by atoms with Crippen LogP contribution in [-0.4, -0.2) is 25.8 Å². The van der Waals surface area contributed by atoms with Gasteiger partial charge < -0.3 is 9.47 Å². The van der Waals surface area contributed by atoms with Crippen LogP contribution in [0.3, 0.4) is 0 Å². The van der Waals surface area contributed by atoms with E-state index >= 15 is 0 Å². The van der Waals surface area contributed by atoms with Crippen LogP contribution >= 0.6 is 0 Å². The third kappa shape index (κ3) is 6.58. The van der Waals surface area contributed by atoms with Gasteiger partial charge in [0.05, 0.1) is 12.5 Å². The molecule has 116 valence electrons. The molecule has 0 N–H and O–H groups in total. The Bertz CT molecular complexity index is 456. The van der Waals surface area contributed by atoms with Crippen LogP contribution in [0.25, 0.3) is 0 Å². The maximum absolute atomic E-state index is 11.9. The monoisotopic (exact) mass is 290 g/mol. The first-order valence-corrected chi connectivity index (χ1v) is 7.51. The summed E-state index contributed by atoms with van der Waals surface area (Å²) in [4.78, 5) is 11.9. The Labute approximate surface area is 128 Å². The molecule has 0 amide bonds. The first-order valence-electron chi connectivity index (χ1n) is 7.51. The second-order valence-electron chi connectivity index (χ2n) is 5.31. The van der Waals surface area contributed by atoms with Crippen molar-refractivity contribution in [2.75, 3.05) is 19.8 Å². The molecule has 3 nitrogen and oxygen atoms in total. The zero-order valence-corrected chi connectivity index (χ0v) is 13.5. The fraction of sp³-hybridized carbons (Fsp3) is 0.500. The Morgan fingerprint density at radius 2 is 1.86 bits per heavy atom. The number of benzene rings is 1. The summed E-state index contributed by atoms with van der Waals surface area (Å²) in [5, 5.41) is 0. The van der Waals surface area contributed by atoms with Crippen LogP contribution < -0.4 is 0 Å². The van der Waals surface area contributed by atoms with Crippen molar-refractivity contribution in [2.24, 2.45) is 0 Å². The van der Waals surface area contributed by atoms with Crippen molar-refractivity contribution in [2.45, 2.75) is 40.0 Å². The third-order valence-electron chi connectivity index (χ3n) is 3.26. The molecule has 21 heavy (non-hydrogen) atoms. The van der Waals surface area contributed by atoms with Gasteiger partial charge in [-0.3, -0.25) is 4.79 Å². The average molecular weight is 290 g/mol. The number of hydrogen-bond acceptors (Lipinski definition) is 3. The first kappa shape index (κ1) is 17.4. The fourth-order valence-electron chi connectivity index (χ4n) is 1.87. The van der Waals surface area contributed by atoms with E-state index in [2.05, 4.69) is 32.1 Å². The zero-order valence-electron chi connectivity index (χ0n) is 13.5. The van der Waals surface area contributed by atoms with E-state index in [1.54, 1.807) is 0 Å². The molecule has 1 aromatic carbocycles. The molecule has 0 aliphatic heterocycles. The Balaban J connectivity index is 2.52. The van der Waals surface area contributed by atoms with Crippen LogP contribution in [0.1, 0.15) is 44.7 Å². The number of hydrogen-bond donors (Lipinski definition) is 0. The molecule has 0 spiro atoms. The average Bonchev–Trinajstić information content (AvgIpc) is 2.49. The third-order valence-corrected chi connectivity index (χ3v) is 3.26. The van der Waals surface area contributed by atoms with Gasteiger partial charge >= 0.3 is 5.97 Å². The summed E-state index contributed by atoms with van der Waals surface area (Å²) in [5.41, 5.74) is 3.54. The molecule has 0 aromatic heterocycles. The first-order chi connectivity index (χ1) is 10.0. The van der Waals surface area contributed by atoms with Gasteiger partial charge in [-0.05, 0) is 45.2 Å². The maximum atomic E-state index is 11.9. The van der Waals surface area contributed by atoms with E-state index in [0.717, 1.165) is 12.0 Å². The van der Waals surface area contributed by atoms with Crippen molar-refractivity contribution in [3.8, 4) is 0 Å². The lowest BCUT2D eigenvalue weighted by atomic mass is 9.99. The van der Waals surface area contributed by atoms with Gasteiger partial charge in [0.2, 0.25) is 0 Å². The van der Waals surface area contributed by atoms with E-state index in [1.165, 1.54) is 11.1 Å². The molecule has 0 radical (unpaired) electrons. The van der Waals surface area contributed by atoms with Gasteiger partial charge in [0, 0.05) is 6.61 Å². The summed E-state index contributed by atoms with van der Waals surface area (Å²) in [5.74, 6) is -0.448. The van der Waals surface area contributed by atoms with E-state index in [0.29, 0.717) is 19.8 Å². The largest absolute Gasteiger partial charge is 0.463 e. The van der Waals surface area contributed by atoms with Crippen LogP contribution in [0.5, 0.6) is 0 Å². The summed E-state index contributed by atoms with van der Waals surface area (Å²) in [6.45, 7) is 9.38. The summed E-state index contributed by atoms with van der Waals surface area (Å²) < 4.78 is 10.3. The molecule has 0 fully saturated rings. The maximum Gasteiger partial charge on any atom is 0.313 e. The van der Waals surface area contributed by atoms with Crippen LogP contribution in [0.4, 0.5) is 0 Å². The van der Waals surface area contributed by atoms with Gasteiger partial charge in [0.25, 0.3) is 0 Å². The second kappa shape index (κ2) is 9.35. The number of allylic oxidation sites excluding steroid dienone is 2. The van der Waals surface area contributed by atoms with E-state index < -0.39 is 0 Å². The van der Waals surface area contributed by atoms with Crippen molar-refractivity contribution in [1.82, 2.24) is 0 Å². The molecule has 0 saturated heterocycles. The molecule has 1 unspecified atom stereocenters. The van der Waals surface area contributed by atoms with E-state index in [-0.39, 0.29) is 11.9 Å². The van der Waals surface area contributed by atoms with Crippen LogP contribution in [-0.2, 0) is 20.7 Å². The Morgan fingerprint density at radius 3 is 2.43 bits per heavy atom. The van der Waals surface area contributed by atoms with Crippen molar-refractivity contribution < 1.29 is 14.3 Å². The summed E-state index contributed by atoms with van der Waals surface area (Å²) in [6.07, 6.45) is 3.12. The van der Waals surface area contributed by atoms with E-state index in [4.69, 9.17) is 9.47 Å². The van der Waals surface area contributed by atoms with Gasteiger partial charge in [0.15, 0.2) is 0 Å². The minimum atomic E-state index is -0.246. The lowest BCUT2D eigenvalue weighted by Crippen LogP contribution is -2.16. The fourth-order valence-corrected chi connectivity index (χ4v) is 1.87. The number of ether oxygens (including phenoxy) is 2. The van der Waals surface area contributed by atoms with Crippen LogP contribution in [0, 0.1) is 0 Å². The summed E-state index contributed by atoms with van der Waals surface area (Å²) in [7, 11) is 0. The van der Waals surface area contributed by atoms with Gasteiger partial charge in [-0.15, -0.1) is 0 Å². The lowest BCUT2D eigenvalue weighted by molar-refractivity contribution is -0.146. The molecule has 0 aliphatic rings. The molecule has 0 heterocycles. The SMILES string of the molecule is CCOCCOC(=O)C(C)c1ccc(CC=C(C)C)cc1. The van der Waals surface area contributed by atoms with Crippen molar-refractivity contribution in [1.29, 1.82) is 0 Å². The highest BCUT2D eigenvalue weighted by atomic mass is 16.6. The number of carbonyl (C=O) groups is 1. The quantitative estimate of drug-likeness (QED) is 0.414. The Kier molecular flexibility index (Phi) is 7.76. The second-order valence-corrected chi connectivity index (χ2v) is 5.31. The highest BCUT2D eigenvalue weighted by Crippen LogP contribution is 2.18. The Hall–Kier alpha value is -1.61. The van der Waals surface area contributed by atoms with Gasteiger partial charge in [-0.1, -0.05) is 35.9 Å². The highest BCUT2D eigenvalue weighted by Gasteiger charge is 2.16. The number of esters is 1. The van der Waals surface area contributed by atoms with Crippen LogP contribution in [0.2, 0.25) is 0 Å². The molecule has 0 bridgehead atoms. The zero-order chi connectivity index (χ0) is 15.7. The van der Waals surface area contributed by atoms with E-state index in [9.17, 15) is 4.79 Å². The lowest BCUT2D eigenvalue weighted by Gasteiger charge is -2.12. The number of carbonyl (C=O) groups excluding carboxylic acids is 1. The van der Waals surface area contributed by atoms with Crippen molar-refractivity contribution in [3.05, 3.63) is 47.0 Å². The molecule has 1 aromatic rings. The van der Waals surface area contributed by atoms with Gasteiger partial charge in [-0.25, -0.2) is 0 Å². The van der Waals surface area contributed by atoms with Crippen molar-refractivity contribution in [3.63, 3.8) is 0 Å². The molecule has 1 atom stereocenters. The smallest absolute Gasteiger partial charge is 0.313 e. The predicted molar refractivity (Wildman–Crippen MR) is 85.4 cm³/mol. The van der Waals surface area contributed by atoms with Crippen molar-refractivity contribution >= 4 is 5.97 Å². The minimum Gasteiger partial charge on any atom is -0.463 e. The molecular weight excluding hydrogens is 264 g/mol. The molecule has 0 saturated carbocycles. The molecule has 0 aliphatic carbocycles. The van der Waals surface area contributed by atoms with Gasteiger partial charge in [-0.2, -0.15) is 0 Å². The Morgan fingerprint density at radius 1 is 1.19 bits per heavy atom. The summed E-state index contributed by atoms with van der Waals surface area (Å²) >= 11 is 0. The topological polar surface area (TPSA) is 35.5 Å². The summed E-state index contributed by atoms with van der Waals surface area (Å²) in [6, 6.07) is 8.14. The van der Waals surface area contributed by atoms with Gasteiger partial charge in [0.1, 0.15) is 6.61 Å². The highest BCUT2D eigenvalue weighted by molar-refractivity contribution is 5.77. The normalized spacial score (nSPS) is 11.8. The standard InChI is InChI=1S/C18H26O3/c1-5-20-12-13-21-18(19)15(4)17-10-8-16(9-11-17)7-6-14(2)3/h6,8-11,15H,5,7,12-13H2,1-4H3. The number of rotatable bonds is 8. The minimum absolute atomic E-state index is 0.202. The van der Waals surface area contributed by atoms with E-state index in [1.807, 2.05) is 26.0 Å². The molecular formula is C18H26O3. The molecule has 3 heteroatoms. The van der Waals surface area contributed by atoms with Crippen LogP contribution in [0.15, 0.2) is 35.9 Å². The molecule has 1 rings (SSSR count).